The summed E-state index contributed by atoms with van der Waals surface area (Å²) < 4.78 is 0. The van der Waals surface area contributed by atoms with Crippen molar-refractivity contribution in [3.05, 3.63) is 35.4 Å². The molecule has 0 saturated heterocycles. The number of aliphatic hydroxyl groups is 1. The number of benzene rings is 1. The second kappa shape index (κ2) is 5.26. The quantitative estimate of drug-likeness (QED) is 0.759. The fourth-order valence-corrected chi connectivity index (χ4v) is 2.10. The Morgan fingerprint density at radius 1 is 1.19 bits per heavy atom. The highest BCUT2D eigenvalue weighted by Gasteiger charge is 2.21. The van der Waals surface area contributed by atoms with E-state index in [9.17, 15) is 5.11 Å². The van der Waals surface area contributed by atoms with Crippen LogP contribution in [-0.2, 0) is 0 Å². The number of hydrogen-bond acceptors (Lipinski definition) is 2. The molecule has 0 bridgehead atoms. The van der Waals surface area contributed by atoms with Crippen LogP contribution in [0.1, 0.15) is 36.8 Å². The molecule has 86 valence electrons. The highest BCUT2D eigenvalue weighted by Crippen LogP contribution is 2.20. The third kappa shape index (κ3) is 2.92. The number of hydrogen-bond donors (Lipinski definition) is 1. The largest absolute Gasteiger partial charge is 0.391 e. The van der Waals surface area contributed by atoms with Crippen molar-refractivity contribution in [1.82, 2.24) is 0 Å². The van der Waals surface area contributed by atoms with Crippen molar-refractivity contribution < 1.29 is 5.11 Å². The molecule has 0 spiro atoms. The Hall–Kier alpha value is -1.15. The van der Waals surface area contributed by atoms with Gasteiger partial charge in [-0.15, -0.1) is 0 Å². The summed E-state index contributed by atoms with van der Waals surface area (Å²) >= 11 is 0. The first-order valence-electron chi connectivity index (χ1n) is 6.03. The molecule has 1 aromatic carbocycles. The molecule has 1 fully saturated rings. The highest BCUT2D eigenvalue weighted by atomic mass is 16.3. The van der Waals surface area contributed by atoms with Crippen molar-refractivity contribution in [2.75, 3.05) is 0 Å². The molecule has 2 rings (SSSR count). The van der Waals surface area contributed by atoms with Crippen LogP contribution in [0.5, 0.6) is 0 Å². The Bertz CT molecular complexity index is 356. The van der Waals surface area contributed by atoms with Gasteiger partial charge in [0.05, 0.1) is 12.1 Å². The van der Waals surface area contributed by atoms with Gasteiger partial charge in [0, 0.05) is 6.21 Å². The monoisotopic (exact) mass is 217 g/mol. The van der Waals surface area contributed by atoms with E-state index >= 15 is 0 Å². The molecule has 2 nitrogen and oxygen atoms in total. The van der Waals surface area contributed by atoms with Crippen LogP contribution >= 0.6 is 0 Å². The van der Waals surface area contributed by atoms with Crippen LogP contribution in [0.3, 0.4) is 0 Å². The number of aryl methyl sites for hydroxylation is 1. The van der Waals surface area contributed by atoms with Crippen LogP contribution in [-0.4, -0.2) is 23.5 Å². The van der Waals surface area contributed by atoms with E-state index in [1.54, 1.807) is 0 Å². The average molecular weight is 217 g/mol. The van der Waals surface area contributed by atoms with Gasteiger partial charge < -0.3 is 5.11 Å². The fourth-order valence-electron chi connectivity index (χ4n) is 2.10. The maximum atomic E-state index is 9.78. The van der Waals surface area contributed by atoms with Gasteiger partial charge in [-0.05, 0) is 25.3 Å². The topological polar surface area (TPSA) is 32.6 Å². The number of aliphatic imine (C=N–C) groups is 1. The zero-order chi connectivity index (χ0) is 11.4. The van der Waals surface area contributed by atoms with Crippen LogP contribution in [0.25, 0.3) is 0 Å². The predicted octanol–water partition coefficient (Wildman–Crippen LogP) is 2.72. The van der Waals surface area contributed by atoms with E-state index in [4.69, 9.17) is 0 Å². The molecule has 16 heavy (non-hydrogen) atoms. The summed E-state index contributed by atoms with van der Waals surface area (Å²) in [6.45, 7) is 2.08. The van der Waals surface area contributed by atoms with Gasteiger partial charge in [-0.3, -0.25) is 4.99 Å². The zero-order valence-electron chi connectivity index (χ0n) is 9.76. The van der Waals surface area contributed by atoms with Crippen LogP contribution in [0.2, 0.25) is 0 Å². The van der Waals surface area contributed by atoms with E-state index in [-0.39, 0.29) is 12.1 Å². The Morgan fingerprint density at radius 3 is 2.56 bits per heavy atom. The maximum Gasteiger partial charge on any atom is 0.0763 e. The Kier molecular flexibility index (Phi) is 3.73. The van der Waals surface area contributed by atoms with Crippen molar-refractivity contribution in [2.24, 2.45) is 4.99 Å². The Balaban J connectivity index is 2.00. The van der Waals surface area contributed by atoms with Crippen LogP contribution in [0.15, 0.2) is 29.3 Å². The lowest BCUT2D eigenvalue weighted by molar-refractivity contribution is 0.110. The van der Waals surface area contributed by atoms with Gasteiger partial charge in [0.2, 0.25) is 0 Å². The minimum absolute atomic E-state index is 0.107. The average Bonchev–Trinajstić information content (AvgIpc) is 2.30. The summed E-state index contributed by atoms with van der Waals surface area (Å²) in [5.74, 6) is 0. The molecular weight excluding hydrogens is 198 g/mol. The molecule has 1 saturated carbocycles. The SMILES string of the molecule is Cc1ccc(C=N[C@@H]2CCCC[C@H]2O)cc1. The molecule has 1 N–H and O–H groups in total. The standard InChI is InChI=1S/C14H19NO/c1-11-6-8-12(9-7-11)10-15-13-4-2-3-5-14(13)16/h6-10,13-14,16H,2-5H2,1H3/t13-,14-/m1/s1. The highest BCUT2D eigenvalue weighted by molar-refractivity contribution is 5.79. The first-order chi connectivity index (χ1) is 7.75. The van der Waals surface area contributed by atoms with E-state index in [2.05, 4.69) is 36.2 Å². The molecule has 1 aliphatic carbocycles. The van der Waals surface area contributed by atoms with E-state index in [1.165, 1.54) is 12.0 Å². The van der Waals surface area contributed by atoms with Gasteiger partial charge in [-0.1, -0.05) is 42.7 Å². The summed E-state index contributed by atoms with van der Waals surface area (Å²) in [4.78, 5) is 4.49. The number of rotatable bonds is 2. The molecular formula is C14H19NO. The molecule has 0 amide bonds. The third-order valence-corrected chi connectivity index (χ3v) is 3.19. The summed E-state index contributed by atoms with van der Waals surface area (Å²) in [5.41, 5.74) is 2.37. The second-order valence-electron chi connectivity index (χ2n) is 4.61. The first-order valence-corrected chi connectivity index (χ1v) is 6.03. The smallest absolute Gasteiger partial charge is 0.0763 e. The van der Waals surface area contributed by atoms with Crippen LogP contribution < -0.4 is 0 Å². The van der Waals surface area contributed by atoms with Crippen molar-refractivity contribution in [2.45, 2.75) is 44.8 Å². The van der Waals surface area contributed by atoms with E-state index in [0.29, 0.717) is 0 Å². The van der Waals surface area contributed by atoms with Gasteiger partial charge in [0.25, 0.3) is 0 Å². The second-order valence-corrected chi connectivity index (χ2v) is 4.61. The maximum absolute atomic E-state index is 9.78. The fraction of sp³-hybridized carbons (Fsp3) is 0.500. The third-order valence-electron chi connectivity index (χ3n) is 3.19. The molecule has 0 aliphatic heterocycles. The lowest BCUT2D eigenvalue weighted by atomic mass is 9.93. The van der Waals surface area contributed by atoms with Crippen LogP contribution in [0, 0.1) is 6.92 Å². The summed E-state index contributed by atoms with van der Waals surface area (Å²) in [5, 5.41) is 9.78. The van der Waals surface area contributed by atoms with E-state index in [1.807, 2.05) is 6.21 Å². The van der Waals surface area contributed by atoms with Gasteiger partial charge in [0.15, 0.2) is 0 Å². The first kappa shape index (κ1) is 11.3. The summed E-state index contributed by atoms with van der Waals surface area (Å²) in [7, 11) is 0. The number of aliphatic hydroxyl groups excluding tert-OH is 1. The molecule has 0 unspecified atom stereocenters. The minimum Gasteiger partial charge on any atom is -0.391 e. The molecule has 2 heteroatoms. The van der Waals surface area contributed by atoms with Crippen molar-refractivity contribution in [3.63, 3.8) is 0 Å². The molecule has 1 aliphatic rings. The van der Waals surface area contributed by atoms with Gasteiger partial charge in [0.1, 0.15) is 0 Å². The molecule has 1 aromatic rings. The molecule has 2 atom stereocenters. The summed E-state index contributed by atoms with van der Waals surface area (Å²) in [6, 6.07) is 8.40. The molecule has 0 heterocycles. The predicted molar refractivity (Wildman–Crippen MR) is 67.0 cm³/mol. The van der Waals surface area contributed by atoms with Gasteiger partial charge >= 0.3 is 0 Å². The molecule has 0 radical (unpaired) electrons. The zero-order valence-corrected chi connectivity index (χ0v) is 9.76. The van der Waals surface area contributed by atoms with Crippen molar-refractivity contribution in [3.8, 4) is 0 Å². The lowest BCUT2D eigenvalue weighted by Gasteiger charge is -2.23. The normalized spacial score (nSPS) is 26.1. The van der Waals surface area contributed by atoms with E-state index in [0.717, 1.165) is 24.8 Å². The molecule has 0 aromatic heterocycles. The van der Waals surface area contributed by atoms with E-state index < -0.39 is 0 Å². The van der Waals surface area contributed by atoms with Gasteiger partial charge in [-0.2, -0.15) is 0 Å². The Labute approximate surface area is 97.0 Å². The Morgan fingerprint density at radius 2 is 1.88 bits per heavy atom. The number of nitrogens with zero attached hydrogens (tertiary/aromatic N) is 1. The van der Waals surface area contributed by atoms with Crippen LogP contribution in [0.4, 0.5) is 0 Å². The minimum atomic E-state index is -0.240. The van der Waals surface area contributed by atoms with Crippen molar-refractivity contribution in [1.29, 1.82) is 0 Å². The van der Waals surface area contributed by atoms with Crippen molar-refractivity contribution >= 4 is 6.21 Å². The summed E-state index contributed by atoms with van der Waals surface area (Å²) in [6.07, 6.45) is 5.89. The van der Waals surface area contributed by atoms with Gasteiger partial charge in [-0.25, -0.2) is 0 Å². The lowest BCUT2D eigenvalue weighted by Crippen LogP contribution is -2.28.